The highest BCUT2D eigenvalue weighted by Gasteiger charge is 2.20. The van der Waals surface area contributed by atoms with E-state index in [4.69, 9.17) is 27.9 Å². The highest BCUT2D eigenvalue weighted by atomic mass is 35.5. The van der Waals surface area contributed by atoms with Crippen LogP contribution in [0.5, 0.6) is 5.88 Å². The van der Waals surface area contributed by atoms with E-state index in [-0.39, 0.29) is 0 Å². The number of aromatic nitrogens is 1. The van der Waals surface area contributed by atoms with Gasteiger partial charge in [0.1, 0.15) is 6.61 Å². The first-order chi connectivity index (χ1) is 10.2. The van der Waals surface area contributed by atoms with Crippen molar-refractivity contribution in [2.24, 2.45) is 0 Å². The first-order valence-electron chi connectivity index (χ1n) is 6.97. The number of hydrogen-bond donors (Lipinski definition) is 1. The second-order valence-corrected chi connectivity index (χ2v) is 5.93. The summed E-state index contributed by atoms with van der Waals surface area (Å²) in [6.07, 6.45) is 2.47. The van der Waals surface area contributed by atoms with Crippen LogP contribution in [-0.2, 0) is 13.2 Å². The Morgan fingerprint density at radius 1 is 1.10 bits per heavy atom. The van der Waals surface area contributed by atoms with E-state index in [9.17, 15) is 0 Å². The predicted octanol–water partition coefficient (Wildman–Crippen LogP) is 4.22. The Balaban J connectivity index is 1.64. The van der Waals surface area contributed by atoms with Gasteiger partial charge in [-0.2, -0.15) is 0 Å². The number of nitrogens with one attached hydrogen (secondary N) is 1. The molecule has 1 fully saturated rings. The van der Waals surface area contributed by atoms with E-state index in [1.54, 1.807) is 6.07 Å². The van der Waals surface area contributed by atoms with Crippen LogP contribution in [0.3, 0.4) is 0 Å². The Hall–Kier alpha value is -1.29. The fourth-order valence-corrected chi connectivity index (χ4v) is 2.33. The van der Waals surface area contributed by atoms with Crippen LogP contribution in [0.15, 0.2) is 36.4 Å². The van der Waals surface area contributed by atoms with E-state index in [1.807, 2.05) is 30.3 Å². The minimum atomic E-state index is 0.393. The third kappa shape index (κ3) is 4.10. The summed E-state index contributed by atoms with van der Waals surface area (Å²) in [5.74, 6) is 0.562. The first kappa shape index (κ1) is 14.6. The zero-order valence-corrected chi connectivity index (χ0v) is 13.0. The van der Waals surface area contributed by atoms with Gasteiger partial charge in [0.05, 0.1) is 10.7 Å². The van der Waals surface area contributed by atoms with Crippen LogP contribution in [0, 0.1) is 0 Å². The van der Waals surface area contributed by atoms with Crippen LogP contribution in [0.4, 0.5) is 0 Å². The van der Waals surface area contributed by atoms with Gasteiger partial charge in [-0.05, 0) is 25.0 Å². The molecule has 0 amide bonds. The first-order valence-corrected chi connectivity index (χ1v) is 7.73. The quantitative estimate of drug-likeness (QED) is 0.864. The molecule has 3 nitrogen and oxygen atoms in total. The van der Waals surface area contributed by atoms with Gasteiger partial charge < -0.3 is 10.1 Å². The smallest absolute Gasteiger partial charge is 0.213 e. The fourth-order valence-electron chi connectivity index (χ4n) is 1.96. The Morgan fingerprint density at radius 2 is 1.90 bits per heavy atom. The minimum absolute atomic E-state index is 0.393. The van der Waals surface area contributed by atoms with Crippen molar-refractivity contribution in [1.82, 2.24) is 10.3 Å². The molecule has 3 rings (SSSR count). The maximum atomic E-state index is 6.16. The van der Waals surface area contributed by atoms with Crippen molar-refractivity contribution in [3.05, 3.63) is 57.7 Å². The van der Waals surface area contributed by atoms with Gasteiger partial charge in [-0.1, -0.05) is 41.4 Å². The maximum Gasteiger partial charge on any atom is 0.213 e. The summed E-state index contributed by atoms with van der Waals surface area (Å²) < 4.78 is 5.71. The second-order valence-electron chi connectivity index (χ2n) is 5.11. The summed E-state index contributed by atoms with van der Waals surface area (Å²) in [5, 5.41) is 4.76. The number of ether oxygens (including phenoxy) is 1. The molecule has 21 heavy (non-hydrogen) atoms. The van der Waals surface area contributed by atoms with E-state index in [0.717, 1.165) is 11.3 Å². The third-order valence-corrected chi connectivity index (χ3v) is 4.07. The van der Waals surface area contributed by atoms with Gasteiger partial charge in [-0.3, -0.25) is 0 Å². The van der Waals surface area contributed by atoms with Gasteiger partial charge in [0.2, 0.25) is 5.88 Å². The molecule has 1 aromatic heterocycles. The van der Waals surface area contributed by atoms with Gasteiger partial charge in [0.25, 0.3) is 0 Å². The van der Waals surface area contributed by atoms with Gasteiger partial charge in [0, 0.05) is 29.2 Å². The van der Waals surface area contributed by atoms with Crippen molar-refractivity contribution in [1.29, 1.82) is 0 Å². The molecule has 1 heterocycles. The Kier molecular flexibility index (Phi) is 4.63. The van der Waals surface area contributed by atoms with E-state index in [0.29, 0.717) is 35.1 Å². The molecular weight excluding hydrogens is 307 g/mol. The lowest BCUT2D eigenvalue weighted by Gasteiger charge is -2.10. The summed E-state index contributed by atoms with van der Waals surface area (Å²) in [6, 6.07) is 11.8. The Labute approximate surface area is 134 Å². The molecule has 0 atom stereocenters. The zero-order chi connectivity index (χ0) is 14.7. The summed E-state index contributed by atoms with van der Waals surface area (Å²) in [5.41, 5.74) is 1.76. The molecule has 1 aliphatic carbocycles. The van der Waals surface area contributed by atoms with Gasteiger partial charge >= 0.3 is 0 Å². The molecule has 110 valence electrons. The molecule has 5 heteroatoms. The number of pyridine rings is 1. The molecular formula is C16H16Cl2N2O. The van der Waals surface area contributed by atoms with Crippen LogP contribution in [0.1, 0.15) is 24.1 Å². The summed E-state index contributed by atoms with van der Waals surface area (Å²) in [7, 11) is 0. The molecule has 1 N–H and O–H groups in total. The van der Waals surface area contributed by atoms with Crippen LogP contribution in [-0.4, -0.2) is 11.0 Å². The lowest BCUT2D eigenvalue weighted by Crippen LogP contribution is -2.16. The maximum absolute atomic E-state index is 6.16. The van der Waals surface area contributed by atoms with Crippen LogP contribution in [0.25, 0.3) is 0 Å². The molecule has 0 saturated heterocycles. The fraction of sp³-hybridized carbons (Fsp3) is 0.312. The standard InChI is InChI=1S/C16H16Cl2N2O/c17-13-4-2-1-3-11(13)10-21-16-8-7-14(18)15(20-16)9-19-12-5-6-12/h1-4,7-8,12,19H,5-6,9-10H2. The molecule has 0 radical (unpaired) electrons. The average molecular weight is 323 g/mol. The molecule has 2 aromatic rings. The number of nitrogens with zero attached hydrogens (tertiary/aromatic N) is 1. The Morgan fingerprint density at radius 3 is 2.67 bits per heavy atom. The monoisotopic (exact) mass is 322 g/mol. The van der Waals surface area contributed by atoms with Crippen molar-refractivity contribution in [3.8, 4) is 5.88 Å². The van der Waals surface area contributed by atoms with Crippen LogP contribution >= 0.6 is 23.2 Å². The Bertz CT molecular complexity index is 629. The molecule has 1 aromatic carbocycles. The van der Waals surface area contributed by atoms with Crippen molar-refractivity contribution in [2.45, 2.75) is 32.0 Å². The van der Waals surface area contributed by atoms with Gasteiger partial charge in [-0.25, -0.2) is 4.98 Å². The summed E-state index contributed by atoms with van der Waals surface area (Å²) in [6.45, 7) is 1.07. The average Bonchev–Trinajstić information content (AvgIpc) is 3.31. The SMILES string of the molecule is Clc1ccccc1COc1ccc(Cl)c(CNC2CC2)n1. The number of halogens is 2. The number of hydrogen-bond acceptors (Lipinski definition) is 3. The van der Waals surface area contributed by atoms with E-state index >= 15 is 0 Å². The third-order valence-electron chi connectivity index (χ3n) is 3.36. The highest BCUT2D eigenvalue weighted by molar-refractivity contribution is 6.31. The lowest BCUT2D eigenvalue weighted by atomic mass is 10.2. The zero-order valence-electron chi connectivity index (χ0n) is 11.5. The lowest BCUT2D eigenvalue weighted by molar-refractivity contribution is 0.293. The summed E-state index contributed by atoms with van der Waals surface area (Å²) >= 11 is 12.3. The molecule has 1 aliphatic rings. The van der Waals surface area contributed by atoms with E-state index < -0.39 is 0 Å². The van der Waals surface area contributed by atoms with Crippen molar-refractivity contribution >= 4 is 23.2 Å². The molecule has 0 unspecified atom stereocenters. The number of benzene rings is 1. The topological polar surface area (TPSA) is 34.1 Å². The van der Waals surface area contributed by atoms with Crippen molar-refractivity contribution in [2.75, 3.05) is 0 Å². The van der Waals surface area contributed by atoms with Crippen LogP contribution < -0.4 is 10.1 Å². The minimum Gasteiger partial charge on any atom is -0.473 e. The van der Waals surface area contributed by atoms with Gasteiger partial charge in [0.15, 0.2) is 0 Å². The van der Waals surface area contributed by atoms with E-state index in [2.05, 4.69) is 10.3 Å². The van der Waals surface area contributed by atoms with E-state index in [1.165, 1.54) is 12.8 Å². The largest absolute Gasteiger partial charge is 0.473 e. The predicted molar refractivity (Wildman–Crippen MR) is 84.9 cm³/mol. The normalized spacial score (nSPS) is 14.2. The van der Waals surface area contributed by atoms with Crippen LogP contribution in [0.2, 0.25) is 10.0 Å². The molecule has 0 bridgehead atoms. The molecule has 0 spiro atoms. The number of rotatable bonds is 6. The molecule has 0 aliphatic heterocycles. The highest BCUT2D eigenvalue weighted by Crippen LogP contribution is 2.23. The second kappa shape index (κ2) is 6.65. The molecule has 1 saturated carbocycles. The van der Waals surface area contributed by atoms with Gasteiger partial charge in [-0.15, -0.1) is 0 Å². The van der Waals surface area contributed by atoms with Crippen molar-refractivity contribution in [3.63, 3.8) is 0 Å². The summed E-state index contributed by atoms with van der Waals surface area (Å²) in [4.78, 5) is 4.46. The van der Waals surface area contributed by atoms with Crippen molar-refractivity contribution < 1.29 is 4.74 Å².